The van der Waals surface area contributed by atoms with Gasteiger partial charge in [-0.3, -0.25) is 4.79 Å². The highest BCUT2D eigenvalue weighted by molar-refractivity contribution is 7.99. The maximum Gasteiger partial charge on any atom is 0.344 e. The summed E-state index contributed by atoms with van der Waals surface area (Å²) in [5.74, 6) is 2.04. The maximum atomic E-state index is 13.5. The Hall–Kier alpha value is -2.47. The zero-order valence-electron chi connectivity index (χ0n) is 21.8. The number of ether oxygens (including phenoxy) is 3. The summed E-state index contributed by atoms with van der Waals surface area (Å²) in [6.07, 6.45) is 2.56. The SMILES string of the molecule is CCOC(=O)COc1cccc(C(C)(CCCC(C)(C)CSCC)C(=O)OCc2ccccc2)c1. The highest BCUT2D eigenvalue weighted by atomic mass is 32.2. The lowest BCUT2D eigenvalue weighted by atomic mass is 9.76. The Kier molecular flexibility index (Phi) is 11.7. The molecule has 192 valence electrons. The third kappa shape index (κ3) is 9.60. The Morgan fingerprint density at radius 3 is 2.34 bits per heavy atom. The van der Waals surface area contributed by atoms with Gasteiger partial charge < -0.3 is 14.2 Å². The molecule has 0 spiro atoms. The van der Waals surface area contributed by atoms with Crippen LogP contribution in [0.5, 0.6) is 5.75 Å². The molecule has 2 rings (SSSR count). The molecule has 5 nitrogen and oxygen atoms in total. The quantitative estimate of drug-likeness (QED) is 0.257. The molecule has 1 unspecified atom stereocenters. The number of carbonyl (C=O) groups is 2. The minimum atomic E-state index is -0.841. The Morgan fingerprint density at radius 2 is 1.66 bits per heavy atom. The molecule has 0 aromatic heterocycles. The van der Waals surface area contributed by atoms with Gasteiger partial charge in [-0.25, -0.2) is 4.79 Å². The van der Waals surface area contributed by atoms with Crippen LogP contribution in [0.2, 0.25) is 0 Å². The lowest BCUT2D eigenvalue weighted by Crippen LogP contribution is -2.35. The molecule has 0 aliphatic carbocycles. The maximum absolute atomic E-state index is 13.5. The Balaban J connectivity index is 2.19. The van der Waals surface area contributed by atoms with Crippen LogP contribution in [0.3, 0.4) is 0 Å². The summed E-state index contributed by atoms with van der Waals surface area (Å²) < 4.78 is 16.4. The second-order valence-corrected chi connectivity index (χ2v) is 10.9. The molecule has 6 heteroatoms. The van der Waals surface area contributed by atoms with Crippen molar-refractivity contribution in [3.8, 4) is 5.75 Å². The van der Waals surface area contributed by atoms with Gasteiger partial charge in [0, 0.05) is 0 Å². The van der Waals surface area contributed by atoms with Gasteiger partial charge in [0.1, 0.15) is 12.4 Å². The van der Waals surface area contributed by atoms with Gasteiger partial charge in [0.05, 0.1) is 12.0 Å². The number of benzene rings is 2. The Morgan fingerprint density at radius 1 is 0.914 bits per heavy atom. The monoisotopic (exact) mass is 500 g/mol. The van der Waals surface area contributed by atoms with E-state index in [4.69, 9.17) is 14.2 Å². The van der Waals surface area contributed by atoms with Crippen molar-refractivity contribution in [3.63, 3.8) is 0 Å². The first-order chi connectivity index (χ1) is 16.7. The molecule has 35 heavy (non-hydrogen) atoms. The topological polar surface area (TPSA) is 61.8 Å². The fraction of sp³-hybridized carbons (Fsp3) is 0.517. The molecule has 1 atom stereocenters. The van der Waals surface area contributed by atoms with E-state index in [1.54, 1.807) is 13.0 Å². The molecule has 0 amide bonds. The number of hydrogen-bond donors (Lipinski definition) is 0. The van der Waals surface area contributed by atoms with Crippen LogP contribution < -0.4 is 4.74 Å². The highest BCUT2D eigenvalue weighted by Gasteiger charge is 2.37. The van der Waals surface area contributed by atoms with Crippen molar-refractivity contribution in [1.29, 1.82) is 0 Å². The molecule has 0 aliphatic heterocycles. The first kappa shape index (κ1) is 28.8. The van der Waals surface area contributed by atoms with Gasteiger partial charge in [-0.2, -0.15) is 11.8 Å². The number of esters is 2. The molecular weight excluding hydrogens is 460 g/mol. The van der Waals surface area contributed by atoms with Crippen LogP contribution in [0, 0.1) is 5.41 Å². The van der Waals surface area contributed by atoms with Crippen molar-refractivity contribution in [2.45, 2.75) is 65.9 Å². The van der Waals surface area contributed by atoms with E-state index in [-0.39, 0.29) is 24.6 Å². The minimum Gasteiger partial charge on any atom is -0.482 e. The van der Waals surface area contributed by atoms with E-state index in [0.717, 1.165) is 35.5 Å². The van der Waals surface area contributed by atoms with Crippen LogP contribution in [-0.4, -0.2) is 36.7 Å². The zero-order valence-corrected chi connectivity index (χ0v) is 22.6. The second kappa shape index (κ2) is 14.2. The molecule has 0 fully saturated rings. The Bertz CT molecular complexity index is 928. The molecule has 0 saturated carbocycles. The number of thioether (sulfide) groups is 1. The van der Waals surface area contributed by atoms with E-state index < -0.39 is 11.4 Å². The first-order valence-electron chi connectivity index (χ1n) is 12.4. The largest absolute Gasteiger partial charge is 0.482 e. The lowest BCUT2D eigenvalue weighted by Gasteiger charge is -2.31. The van der Waals surface area contributed by atoms with Gasteiger partial charge >= 0.3 is 11.9 Å². The molecule has 0 bridgehead atoms. The van der Waals surface area contributed by atoms with Crippen molar-refractivity contribution in [1.82, 2.24) is 0 Å². The average Bonchev–Trinajstić information content (AvgIpc) is 2.85. The number of hydrogen-bond acceptors (Lipinski definition) is 6. The van der Waals surface area contributed by atoms with Gasteiger partial charge in [0.2, 0.25) is 0 Å². The molecule has 0 saturated heterocycles. The van der Waals surface area contributed by atoms with Crippen LogP contribution in [0.15, 0.2) is 54.6 Å². The summed E-state index contributed by atoms with van der Waals surface area (Å²) in [6.45, 7) is 10.8. The molecule has 2 aromatic rings. The zero-order chi connectivity index (χ0) is 25.7. The first-order valence-corrected chi connectivity index (χ1v) is 13.5. The van der Waals surface area contributed by atoms with Gasteiger partial charge in [-0.05, 0) is 66.9 Å². The molecule has 0 radical (unpaired) electrons. The van der Waals surface area contributed by atoms with E-state index in [0.29, 0.717) is 18.8 Å². The molecular formula is C29H40O5S. The van der Waals surface area contributed by atoms with Crippen molar-refractivity contribution in [2.75, 3.05) is 24.7 Å². The predicted octanol–water partition coefficient (Wildman–Crippen LogP) is 6.58. The standard InChI is InChI=1S/C29H40O5S/c1-6-32-26(30)21-33-25-16-11-15-24(19-25)29(5,18-12-17-28(3,4)22-35-7-2)27(31)34-20-23-13-9-8-10-14-23/h8-11,13-16,19H,6-7,12,17-18,20-22H2,1-5H3. The van der Waals surface area contributed by atoms with E-state index in [1.807, 2.05) is 67.2 Å². The van der Waals surface area contributed by atoms with E-state index in [9.17, 15) is 9.59 Å². The fourth-order valence-electron chi connectivity index (χ4n) is 3.89. The van der Waals surface area contributed by atoms with E-state index in [1.165, 1.54) is 0 Å². The second-order valence-electron chi connectivity index (χ2n) is 9.67. The van der Waals surface area contributed by atoms with Crippen LogP contribution in [0.4, 0.5) is 0 Å². The lowest BCUT2D eigenvalue weighted by molar-refractivity contribution is -0.152. The molecule has 2 aromatic carbocycles. The van der Waals surface area contributed by atoms with Crippen LogP contribution in [0.25, 0.3) is 0 Å². The van der Waals surface area contributed by atoms with E-state index in [2.05, 4.69) is 20.8 Å². The van der Waals surface area contributed by atoms with Crippen LogP contribution >= 0.6 is 11.8 Å². The van der Waals surface area contributed by atoms with Crippen LogP contribution in [0.1, 0.15) is 65.0 Å². The summed E-state index contributed by atoms with van der Waals surface area (Å²) in [7, 11) is 0. The number of carbonyl (C=O) groups excluding carboxylic acids is 2. The molecule has 0 heterocycles. The fourth-order valence-corrected chi connectivity index (χ4v) is 4.79. The molecule has 0 aliphatic rings. The average molecular weight is 501 g/mol. The summed E-state index contributed by atoms with van der Waals surface area (Å²) in [4.78, 5) is 25.2. The van der Waals surface area contributed by atoms with Crippen molar-refractivity contribution in [3.05, 3.63) is 65.7 Å². The number of rotatable bonds is 15. The summed E-state index contributed by atoms with van der Waals surface area (Å²) in [5, 5.41) is 0. The Labute approximate surface area is 214 Å². The predicted molar refractivity (Wildman–Crippen MR) is 143 cm³/mol. The summed E-state index contributed by atoms with van der Waals surface area (Å²) >= 11 is 1.95. The normalized spacial score (nSPS) is 13.1. The van der Waals surface area contributed by atoms with Gasteiger partial charge in [0.15, 0.2) is 6.61 Å². The third-order valence-electron chi connectivity index (χ3n) is 6.02. The van der Waals surface area contributed by atoms with Gasteiger partial charge in [-0.1, -0.05) is 69.7 Å². The molecule has 0 N–H and O–H groups in total. The van der Waals surface area contributed by atoms with Gasteiger partial charge in [-0.15, -0.1) is 0 Å². The smallest absolute Gasteiger partial charge is 0.344 e. The third-order valence-corrected chi connectivity index (χ3v) is 7.42. The van der Waals surface area contributed by atoms with Crippen LogP contribution in [-0.2, 0) is 31.1 Å². The summed E-state index contributed by atoms with van der Waals surface area (Å²) in [6, 6.07) is 17.1. The van der Waals surface area contributed by atoms with Gasteiger partial charge in [0.25, 0.3) is 0 Å². The van der Waals surface area contributed by atoms with Crippen molar-refractivity contribution < 1.29 is 23.8 Å². The minimum absolute atomic E-state index is 0.171. The highest BCUT2D eigenvalue weighted by Crippen LogP contribution is 2.36. The van der Waals surface area contributed by atoms with Crippen molar-refractivity contribution >= 4 is 23.7 Å². The van der Waals surface area contributed by atoms with Crippen molar-refractivity contribution in [2.24, 2.45) is 5.41 Å². The summed E-state index contributed by atoms with van der Waals surface area (Å²) in [5.41, 5.74) is 1.12. The van der Waals surface area contributed by atoms with E-state index >= 15 is 0 Å².